The highest BCUT2D eigenvalue weighted by molar-refractivity contribution is 5.77. The van der Waals surface area contributed by atoms with Crippen LogP contribution >= 0.6 is 0 Å². The van der Waals surface area contributed by atoms with Crippen molar-refractivity contribution in [3.8, 4) is 11.6 Å². The third kappa shape index (κ3) is 4.89. The number of rotatable bonds is 6. The van der Waals surface area contributed by atoms with Gasteiger partial charge in [-0.2, -0.15) is 0 Å². The topological polar surface area (TPSA) is 58.6 Å². The lowest BCUT2D eigenvalue weighted by Gasteiger charge is -2.40. The highest BCUT2D eigenvalue weighted by atomic mass is 19.1. The van der Waals surface area contributed by atoms with Gasteiger partial charge in [-0.25, -0.2) is 14.4 Å². The van der Waals surface area contributed by atoms with Gasteiger partial charge in [0.25, 0.3) is 0 Å². The Morgan fingerprint density at radius 3 is 2.77 bits per heavy atom. The highest BCUT2D eigenvalue weighted by Crippen LogP contribution is 2.29. The molecule has 2 aliphatic rings. The number of hydrogen-bond donors (Lipinski definition) is 0. The molecule has 0 spiro atoms. The average Bonchev–Trinajstić information content (AvgIpc) is 3.27. The van der Waals surface area contributed by atoms with E-state index >= 15 is 0 Å². The molecule has 0 bridgehead atoms. The van der Waals surface area contributed by atoms with Crippen molar-refractivity contribution >= 4 is 11.7 Å². The van der Waals surface area contributed by atoms with Crippen molar-refractivity contribution in [1.82, 2.24) is 14.9 Å². The molecule has 1 atom stereocenters. The van der Waals surface area contributed by atoms with Crippen molar-refractivity contribution < 1.29 is 13.9 Å². The van der Waals surface area contributed by atoms with E-state index in [1.165, 1.54) is 38.1 Å². The summed E-state index contributed by atoms with van der Waals surface area (Å²) in [4.78, 5) is 25.3. The summed E-state index contributed by atoms with van der Waals surface area (Å²) in [6.07, 6.45) is 8.29. The van der Waals surface area contributed by atoms with Crippen LogP contribution in [0.25, 0.3) is 0 Å². The smallest absolute Gasteiger partial charge is 0.224 e. The maximum Gasteiger partial charge on any atom is 0.224 e. The van der Waals surface area contributed by atoms with Gasteiger partial charge >= 0.3 is 0 Å². The maximum absolute atomic E-state index is 13.8. The third-order valence-electron chi connectivity index (χ3n) is 6.19. The zero-order valence-corrected chi connectivity index (χ0v) is 17.5. The van der Waals surface area contributed by atoms with E-state index in [0.29, 0.717) is 31.9 Å². The second-order valence-electron chi connectivity index (χ2n) is 8.32. The Hall–Kier alpha value is -2.70. The van der Waals surface area contributed by atoms with Crippen LogP contribution in [-0.4, -0.2) is 46.5 Å². The van der Waals surface area contributed by atoms with Gasteiger partial charge in [-0.3, -0.25) is 4.79 Å². The fraction of sp³-hybridized carbons (Fsp3) is 0.522. The number of amides is 1. The summed E-state index contributed by atoms with van der Waals surface area (Å²) in [7, 11) is 0. The minimum absolute atomic E-state index is 0.112. The van der Waals surface area contributed by atoms with Crippen LogP contribution in [0.3, 0.4) is 0 Å². The van der Waals surface area contributed by atoms with Crippen LogP contribution in [-0.2, 0) is 4.79 Å². The van der Waals surface area contributed by atoms with Crippen LogP contribution in [0.4, 0.5) is 10.2 Å². The molecular formula is C23H29FN4O2. The standard InChI is InChI=1S/C23H29FN4O2/c1-17-15-27(12-13-28(17)23(29)11-10-18-6-2-3-7-18)21-14-22(26-16-25-21)30-20-9-5-4-8-19(20)24/h4-5,8-9,14,16-18H,2-3,6-7,10-13,15H2,1H3/t17-/m1/s1. The minimum atomic E-state index is -0.434. The van der Waals surface area contributed by atoms with Gasteiger partial charge in [-0.05, 0) is 31.4 Å². The monoisotopic (exact) mass is 412 g/mol. The van der Waals surface area contributed by atoms with E-state index < -0.39 is 5.82 Å². The van der Waals surface area contributed by atoms with Crippen molar-refractivity contribution in [3.63, 3.8) is 0 Å². The Kier molecular flexibility index (Phi) is 6.45. The summed E-state index contributed by atoms with van der Waals surface area (Å²) in [5, 5.41) is 0. The van der Waals surface area contributed by atoms with E-state index in [2.05, 4.69) is 21.8 Å². The van der Waals surface area contributed by atoms with Crippen LogP contribution in [0.2, 0.25) is 0 Å². The highest BCUT2D eigenvalue weighted by Gasteiger charge is 2.28. The van der Waals surface area contributed by atoms with Crippen LogP contribution in [0.1, 0.15) is 45.4 Å². The molecule has 1 saturated heterocycles. The predicted octanol–water partition coefficient (Wildman–Crippen LogP) is 4.42. The van der Waals surface area contributed by atoms with Crippen LogP contribution in [0.15, 0.2) is 36.7 Å². The van der Waals surface area contributed by atoms with Crippen LogP contribution in [0, 0.1) is 11.7 Å². The summed E-state index contributed by atoms with van der Waals surface area (Å²) < 4.78 is 19.4. The SMILES string of the molecule is C[C@@H]1CN(c2cc(Oc3ccccc3F)ncn2)CCN1C(=O)CCC1CCCC1. The molecule has 6 nitrogen and oxygen atoms in total. The number of carbonyl (C=O) groups excluding carboxylic acids is 1. The summed E-state index contributed by atoms with van der Waals surface area (Å²) in [5.41, 5.74) is 0. The molecule has 1 aromatic heterocycles. The predicted molar refractivity (Wildman–Crippen MR) is 113 cm³/mol. The molecule has 160 valence electrons. The molecule has 2 heterocycles. The number of anilines is 1. The molecule has 0 unspecified atom stereocenters. The second-order valence-corrected chi connectivity index (χ2v) is 8.32. The largest absolute Gasteiger partial charge is 0.436 e. The first-order valence-corrected chi connectivity index (χ1v) is 10.9. The molecule has 2 fully saturated rings. The number of nitrogens with zero attached hydrogens (tertiary/aromatic N) is 4. The Balaban J connectivity index is 1.34. The van der Waals surface area contributed by atoms with Crippen molar-refractivity contribution in [3.05, 3.63) is 42.5 Å². The number of hydrogen-bond acceptors (Lipinski definition) is 5. The van der Waals surface area contributed by atoms with Gasteiger partial charge in [0.1, 0.15) is 12.1 Å². The molecule has 1 saturated carbocycles. The van der Waals surface area contributed by atoms with E-state index in [4.69, 9.17) is 4.74 Å². The summed E-state index contributed by atoms with van der Waals surface area (Å²) in [5.74, 6) is 1.72. The zero-order valence-electron chi connectivity index (χ0n) is 17.5. The van der Waals surface area contributed by atoms with Gasteiger partial charge in [-0.1, -0.05) is 37.8 Å². The third-order valence-corrected chi connectivity index (χ3v) is 6.19. The fourth-order valence-corrected chi connectivity index (χ4v) is 4.51. The molecule has 1 amide bonds. The Morgan fingerprint density at radius 2 is 2.00 bits per heavy atom. The zero-order chi connectivity index (χ0) is 20.9. The molecule has 1 aromatic carbocycles. The van der Waals surface area contributed by atoms with Gasteiger partial charge in [0.05, 0.1) is 0 Å². The van der Waals surface area contributed by atoms with Crippen LogP contribution < -0.4 is 9.64 Å². The van der Waals surface area contributed by atoms with Gasteiger partial charge in [0.2, 0.25) is 11.8 Å². The molecule has 1 aliphatic heterocycles. The van der Waals surface area contributed by atoms with Crippen LogP contribution in [0.5, 0.6) is 11.6 Å². The number of halogens is 1. The lowest BCUT2D eigenvalue weighted by molar-refractivity contribution is -0.133. The average molecular weight is 413 g/mol. The lowest BCUT2D eigenvalue weighted by Crippen LogP contribution is -2.54. The first-order chi connectivity index (χ1) is 14.6. The van der Waals surface area contributed by atoms with Crippen molar-refractivity contribution in [2.24, 2.45) is 5.92 Å². The van der Waals surface area contributed by atoms with Crippen molar-refractivity contribution in [2.75, 3.05) is 24.5 Å². The number of ether oxygens (including phenoxy) is 1. The molecule has 2 aromatic rings. The van der Waals surface area contributed by atoms with Gasteiger partial charge < -0.3 is 14.5 Å². The van der Waals surface area contributed by atoms with Gasteiger partial charge in [-0.15, -0.1) is 0 Å². The second kappa shape index (κ2) is 9.41. The number of benzene rings is 1. The van der Waals surface area contributed by atoms with E-state index in [0.717, 1.165) is 18.2 Å². The first-order valence-electron chi connectivity index (χ1n) is 10.9. The van der Waals surface area contributed by atoms with E-state index in [9.17, 15) is 9.18 Å². The molecule has 1 aliphatic carbocycles. The molecule has 30 heavy (non-hydrogen) atoms. The Bertz CT molecular complexity index is 872. The first kappa shape index (κ1) is 20.6. The van der Waals surface area contributed by atoms with Crippen molar-refractivity contribution in [1.29, 1.82) is 0 Å². The van der Waals surface area contributed by atoms with Gasteiger partial charge in [0, 0.05) is 38.2 Å². The maximum atomic E-state index is 13.8. The molecule has 0 radical (unpaired) electrons. The van der Waals surface area contributed by atoms with E-state index in [1.807, 2.05) is 4.90 Å². The number of para-hydroxylation sites is 1. The van der Waals surface area contributed by atoms with E-state index in [-0.39, 0.29) is 17.7 Å². The van der Waals surface area contributed by atoms with E-state index in [1.54, 1.807) is 24.3 Å². The lowest BCUT2D eigenvalue weighted by atomic mass is 10.0. The van der Waals surface area contributed by atoms with Gasteiger partial charge in [0.15, 0.2) is 11.6 Å². The Labute approximate surface area is 177 Å². The minimum Gasteiger partial charge on any atom is -0.436 e. The fourth-order valence-electron chi connectivity index (χ4n) is 4.51. The normalized spacial score (nSPS) is 19.9. The molecule has 7 heteroatoms. The quantitative estimate of drug-likeness (QED) is 0.703. The summed E-state index contributed by atoms with van der Waals surface area (Å²) in [6.45, 7) is 4.16. The molecule has 0 N–H and O–H groups in total. The molecular weight excluding hydrogens is 383 g/mol. The molecule has 4 rings (SSSR count). The number of aromatic nitrogens is 2. The number of carbonyl (C=O) groups is 1. The Morgan fingerprint density at radius 1 is 1.20 bits per heavy atom. The summed E-state index contributed by atoms with van der Waals surface area (Å²) >= 11 is 0. The summed E-state index contributed by atoms with van der Waals surface area (Å²) in [6, 6.07) is 8.07. The van der Waals surface area contributed by atoms with Crippen molar-refractivity contribution in [2.45, 2.75) is 51.5 Å². The number of piperazine rings is 1.